The second-order valence-corrected chi connectivity index (χ2v) is 7.18. The molecule has 1 aliphatic heterocycles. The summed E-state index contributed by atoms with van der Waals surface area (Å²) < 4.78 is 0. The number of piperazine rings is 1. The van der Waals surface area contributed by atoms with Crippen molar-refractivity contribution in [1.29, 1.82) is 0 Å². The summed E-state index contributed by atoms with van der Waals surface area (Å²) in [6.07, 6.45) is 0. The Morgan fingerprint density at radius 3 is 2.43 bits per heavy atom. The molecule has 128 valence electrons. The first-order valence-electron chi connectivity index (χ1n) is 8.66. The maximum absolute atomic E-state index is 12.5. The van der Waals surface area contributed by atoms with Gasteiger partial charge in [0, 0.05) is 44.3 Å². The van der Waals surface area contributed by atoms with Crippen LogP contribution < -0.4 is 5.32 Å². The van der Waals surface area contributed by atoms with Crippen LogP contribution in [0.3, 0.4) is 0 Å². The number of amides is 1. The average molecular weight is 317 g/mol. The van der Waals surface area contributed by atoms with E-state index in [1.165, 1.54) is 0 Å². The molecule has 1 saturated heterocycles. The van der Waals surface area contributed by atoms with Gasteiger partial charge in [-0.15, -0.1) is 0 Å². The highest BCUT2D eigenvalue weighted by molar-refractivity contribution is 5.95. The lowest BCUT2D eigenvalue weighted by Crippen LogP contribution is -2.54. The highest BCUT2D eigenvalue weighted by Crippen LogP contribution is 2.14. The number of benzene rings is 1. The highest BCUT2D eigenvalue weighted by Gasteiger charge is 2.25. The first-order valence-corrected chi connectivity index (χ1v) is 8.66. The normalized spacial score (nSPS) is 18.2. The van der Waals surface area contributed by atoms with Gasteiger partial charge in [-0.3, -0.25) is 9.69 Å². The molecule has 1 aromatic rings. The van der Waals surface area contributed by atoms with Crippen molar-refractivity contribution >= 4 is 5.91 Å². The van der Waals surface area contributed by atoms with Crippen LogP contribution in [-0.4, -0.2) is 61.5 Å². The molecule has 0 radical (unpaired) electrons. The lowest BCUT2D eigenvalue weighted by atomic mass is 10.0. The molecule has 1 aliphatic rings. The Morgan fingerprint density at radius 1 is 1.17 bits per heavy atom. The van der Waals surface area contributed by atoms with Gasteiger partial charge < -0.3 is 10.2 Å². The fraction of sp³-hybridized carbons (Fsp3) is 0.632. The third kappa shape index (κ3) is 4.79. The Balaban J connectivity index is 1.98. The fourth-order valence-electron chi connectivity index (χ4n) is 3.21. The third-order valence-electron chi connectivity index (χ3n) is 4.89. The molecule has 4 nitrogen and oxygen atoms in total. The van der Waals surface area contributed by atoms with E-state index in [4.69, 9.17) is 0 Å². The predicted octanol–water partition coefficient (Wildman–Crippen LogP) is 2.31. The molecule has 1 N–H and O–H groups in total. The second kappa shape index (κ2) is 7.93. The number of aryl methyl sites for hydroxylation is 2. The van der Waals surface area contributed by atoms with Crippen LogP contribution >= 0.6 is 0 Å². The molecule has 2 rings (SSSR count). The summed E-state index contributed by atoms with van der Waals surface area (Å²) in [6.45, 7) is 13.6. The number of hydrogen-bond donors (Lipinski definition) is 1. The van der Waals surface area contributed by atoms with Gasteiger partial charge in [-0.05, 0) is 38.4 Å². The summed E-state index contributed by atoms with van der Waals surface area (Å²) in [5.41, 5.74) is 2.96. The van der Waals surface area contributed by atoms with Gasteiger partial charge in [0.15, 0.2) is 0 Å². The van der Waals surface area contributed by atoms with Gasteiger partial charge in [0.25, 0.3) is 5.91 Å². The van der Waals surface area contributed by atoms with E-state index in [2.05, 4.69) is 36.0 Å². The predicted molar refractivity (Wildman–Crippen MR) is 95.9 cm³/mol. The van der Waals surface area contributed by atoms with Crippen LogP contribution in [0, 0.1) is 19.8 Å². The molecule has 1 fully saturated rings. The molecule has 4 heteroatoms. The second-order valence-electron chi connectivity index (χ2n) is 7.18. The fourth-order valence-corrected chi connectivity index (χ4v) is 3.21. The molecule has 0 aromatic heterocycles. The van der Waals surface area contributed by atoms with E-state index in [0.29, 0.717) is 18.5 Å². The Bertz CT molecular complexity index is 533. The molecule has 0 saturated carbocycles. The van der Waals surface area contributed by atoms with Crippen molar-refractivity contribution in [1.82, 2.24) is 15.1 Å². The quantitative estimate of drug-likeness (QED) is 0.905. The van der Waals surface area contributed by atoms with E-state index < -0.39 is 0 Å². The van der Waals surface area contributed by atoms with Crippen LogP contribution in [0.25, 0.3) is 0 Å². The molecular formula is C19H31N3O. The minimum Gasteiger partial charge on any atom is -0.350 e. The molecule has 0 bridgehead atoms. The summed E-state index contributed by atoms with van der Waals surface area (Å²) in [4.78, 5) is 17.4. The Hall–Kier alpha value is -1.39. The van der Waals surface area contributed by atoms with Gasteiger partial charge in [0.2, 0.25) is 0 Å². The van der Waals surface area contributed by atoms with Crippen molar-refractivity contribution in [3.8, 4) is 0 Å². The molecule has 1 amide bonds. The van der Waals surface area contributed by atoms with Crippen molar-refractivity contribution < 1.29 is 4.79 Å². The summed E-state index contributed by atoms with van der Waals surface area (Å²) in [6, 6.07) is 6.45. The molecule has 23 heavy (non-hydrogen) atoms. The van der Waals surface area contributed by atoms with Crippen LogP contribution in [0.1, 0.15) is 35.3 Å². The van der Waals surface area contributed by atoms with E-state index in [9.17, 15) is 4.79 Å². The first-order chi connectivity index (χ1) is 10.9. The van der Waals surface area contributed by atoms with Crippen LogP contribution in [0.5, 0.6) is 0 Å². The largest absolute Gasteiger partial charge is 0.350 e. The van der Waals surface area contributed by atoms with E-state index in [1.807, 2.05) is 32.0 Å². The minimum absolute atomic E-state index is 0.0472. The molecule has 0 aliphatic carbocycles. The topological polar surface area (TPSA) is 35.6 Å². The average Bonchev–Trinajstić information content (AvgIpc) is 2.51. The van der Waals surface area contributed by atoms with Crippen LogP contribution in [0.2, 0.25) is 0 Å². The number of hydrogen-bond acceptors (Lipinski definition) is 3. The molecule has 1 atom stereocenters. The Labute approximate surface area is 140 Å². The van der Waals surface area contributed by atoms with Crippen molar-refractivity contribution in [3.63, 3.8) is 0 Å². The van der Waals surface area contributed by atoms with Gasteiger partial charge in [0.05, 0.1) is 0 Å². The van der Waals surface area contributed by atoms with Crippen molar-refractivity contribution in [3.05, 3.63) is 34.9 Å². The van der Waals surface area contributed by atoms with Crippen molar-refractivity contribution in [2.75, 3.05) is 39.8 Å². The van der Waals surface area contributed by atoms with E-state index in [1.54, 1.807) is 0 Å². The molecule has 1 heterocycles. The third-order valence-corrected chi connectivity index (χ3v) is 4.89. The van der Waals surface area contributed by atoms with Crippen molar-refractivity contribution in [2.45, 2.75) is 33.7 Å². The minimum atomic E-state index is 0.0472. The van der Waals surface area contributed by atoms with E-state index in [-0.39, 0.29) is 5.91 Å². The molecule has 1 unspecified atom stereocenters. The van der Waals surface area contributed by atoms with Gasteiger partial charge in [0.1, 0.15) is 0 Å². The highest BCUT2D eigenvalue weighted by atomic mass is 16.1. The zero-order valence-corrected chi connectivity index (χ0v) is 15.2. The monoisotopic (exact) mass is 317 g/mol. The van der Waals surface area contributed by atoms with Crippen LogP contribution in [-0.2, 0) is 0 Å². The summed E-state index contributed by atoms with van der Waals surface area (Å²) in [5, 5.41) is 3.16. The maximum atomic E-state index is 12.5. The standard InChI is InChI=1S/C19H31N3O/c1-14(2)18(22-10-8-21(5)9-11-22)13-20-19(23)17-12-15(3)6-7-16(17)4/h6-7,12,14,18H,8-11,13H2,1-5H3,(H,20,23). The number of carbonyl (C=O) groups is 1. The summed E-state index contributed by atoms with van der Waals surface area (Å²) in [5.74, 6) is 0.572. The lowest BCUT2D eigenvalue weighted by molar-refractivity contribution is 0.0790. The number of nitrogens with zero attached hydrogens (tertiary/aromatic N) is 2. The molecular weight excluding hydrogens is 286 g/mol. The van der Waals surface area contributed by atoms with Gasteiger partial charge in [-0.1, -0.05) is 31.5 Å². The SMILES string of the molecule is Cc1ccc(C)c(C(=O)NCC(C(C)C)N2CCN(C)CC2)c1. The molecule has 0 spiro atoms. The number of likely N-dealkylation sites (N-methyl/N-ethyl adjacent to an activating group) is 1. The summed E-state index contributed by atoms with van der Waals surface area (Å²) in [7, 11) is 2.17. The maximum Gasteiger partial charge on any atom is 0.251 e. The summed E-state index contributed by atoms with van der Waals surface area (Å²) >= 11 is 0. The molecule has 1 aromatic carbocycles. The van der Waals surface area contributed by atoms with E-state index in [0.717, 1.165) is 42.9 Å². The smallest absolute Gasteiger partial charge is 0.251 e. The number of rotatable bonds is 5. The Kier molecular flexibility index (Phi) is 6.19. The number of nitrogens with one attached hydrogen (secondary N) is 1. The zero-order valence-electron chi connectivity index (χ0n) is 15.2. The Morgan fingerprint density at radius 2 is 1.83 bits per heavy atom. The first kappa shape index (κ1) is 18.0. The zero-order chi connectivity index (χ0) is 17.0. The van der Waals surface area contributed by atoms with Crippen molar-refractivity contribution in [2.24, 2.45) is 5.92 Å². The van der Waals surface area contributed by atoms with E-state index >= 15 is 0 Å². The van der Waals surface area contributed by atoms with Crippen LogP contribution in [0.4, 0.5) is 0 Å². The van der Waals surface area contributed by atoms with Crippen LogP contribution in [0.15, 0.2) is 18.2 Å². The van der Waals surface area contributed by atoms with Gasteiger partial charge in [-0.2, -0.15) is 0 Å². The van der Waals surface area contributed by atoms with Gasteiger partial charge >= 0.3 is 0 Å². The van der Waals surface area contributed by atoms with Gasteiger partial charge in [-0.25, -0.2) is 0 Å². The lowest BCUT2D eigenvalue weighted by Gasteiger charge is -2.40. The number of carbonyl (C=O) groups excluding carboxylic acids is 1.